The molecule has 0 aliphatic heterocycles. The zero-order chi connectivity index (χ0) is 16.9. The number of alkyl halides is 1. The quantitative estimate of drug-likeness (QED) is 0.182. The number of fused-ring (bicyclic) bond motifs is 2. The van der Waals surface area contributed by atoms with Crippen LogP contribution in [0.3, 0.4) is 0 Å². The van der Waals surface area contributed by atoms with Gasteiger partial charge in [0.1, 0.15) is 0 Å². The fourth-order valence-corrected chi connectivity index (χ4v) is 2.95. The Morgan fingerprint density at radius 2 is 1.54 bits per heavy atom. The molecule has 2 aliphatic carbocycles. The van der Waals surface area contributed by atoms with Gasteiger partial charge in [0.15, 0.2) is 0 Å². The van der Waals surface area contributed by atoms with Gasteiger partial charge < -0.3 is 20.6 Å². The second kappa shape index (κ2) is 15.5. The maximum atomic E-state index is 6.94. The molecule has 3 rings (SSSR count). The Morgan fingerprint density at radius 1 is 1.08 bits per heavy atom. The fraction of sp³-hybridized carbons (Fsp3) is 0.300. The molecule has 0 saturated heterocycles. The van der Waals surface area contributed by atoms with Crippen LogP contribution in [0.1, 0.15) is 43.6 Å². The molecule has 1 N–H and O–H groups in total. The van der Waals surface area contributed by atoms with E-state index >= 15 is 0 Å². The van der Waals surface area contributed by atoms with Gasteiger partial charge in [-0.2, -0.15) is 11.6 Å². The number of rotatable bonds is 0. The number of nitrogens with one attached hydrogen (secondary N) is 1. The van der Waals surface area contributed by atoms with E-state index in [0.29, 0.717) is 4.83 Å². The van der Waals surface area contributed by atoms with Crippen molar-refractivity contribution in [2.24, 2.45) is 0 Å². The molecule has 0 spiro atoms. The molecule has 0 fully saturated rings. The van der Waals surface area contributed by atoms with Crippen LogP contribution in [0.15, 0.2) is 47.1 Å². The van der Waals surface area contributed by atoms with E-state index in [4.69, 9.17) is 5.73 Å². The van der Waals surface area contributed by atoms with Gasteiger partial charge in [-0.1, -0.05) is 73.5 Å². The van der Waals surface area contributed by atoms with Gasteiger partial charge in [-0.05, 0) is 5.56 Å². The van der Waals surface area contributed by atoms with Crippen molar-refractivity contribution in [2.45, 2.75) is 38.1 Å². The van der Waals surface area contributed by atoms with E-state index in [0.717, 1.165) is 0 Å². The third-order valence-corrected chi connectivity index (χ3v) is 3.84. The van der Waals surface area contributed by atoms with Crippen LogP contribution in [0.4, 0.5) is 0 Å². The molecule has 0 heterocycles. The number of benzene rings is 1. The van der Waals surface area contributed by atoms with E-state index in [1.54, 1.807) is 0 Å². The predicted molar refractivity (Wildman–Crippen MR) is 124 cm³/mol. The van der Waals surface area contributed by atoms with Crippen LogP contribution < -0.4 is 0 Å². The molecule has 0 aromatic heterocycles. The second-order valence-corrected chi connectivity index (χ2v) is 7.12. The molecule has 2 radical (unpaired) electrons. The summed E-state index contributed by atoms with van der Waals surface area (Å²) in [5, 5.41) is 0. The average Bonchev–Trinajstić information content (AvgIpc) is 2.80. The minimum atomic E-state index is -0.250. The monoisotopic (exact) mass is 549 g/mol. The molecule has 1 unspecified atom stereocenters. The van der Waals surface area contributed by atoms with E-state index in [9.17, 15) is 0 Å². The van der Waals surface area contributed by atoms with E-state index in [1.807, 2.05) is 20.8 Å². The maximum absolute atomic E-state index is 6.94. The number of hydrogen-bond acceptors (Lipinski definition) is 0. The molecular weight excluding hydrogens is 524 g/mol. The summed E-state index contributed by atoms with van der Waals surface area (Å²) in [6.45, 7) is 10.7. The van der Waals surface area contributed by atoms with Gasteiger partial charge in [0.05, 0.1) is 0 Å². The molecule has 1 nitrogen and oxygen atoms in total. The fourth-order valence-electron chi connectivity index (χ4n) is 2.16. The van der Waals surface area contributed by atoms with Crippen LogP contribution in [-0.4, -0.2) is 12.4 Å². The molecule has 6 heteroatoms. The Morgan fingerprint density at radius 3 is 2.04 bits per heavy atom. The van der Waals surface area contributed by atoms with Gasteiger partial charge in [0.25, 0.3) is 0 Å². The van der Waals surface area contributed by atoms with Gasteiger partial charge in [0, 0.05) is 4.83 Å². The van der Waals surface area contributed by atoms with Crippen molar-refractivity contribution in [3.05, 3.63) is 84.9 Å². The van der Waals surface area contributed by atoms with Gasteiger partial charge in [-0.3, -0.25) is 0 Å². The van der Waals surface area contributed by atoms with Crippen molar-refractivity contribution in [3.63, 3.8) is 0 Å². The Bertz CT molecular complexity index is 631. The van der Waals surface area contributed by atoms with E-state index < -0.39 is 0 Å². The molecule has 2 aliphatic rings. The Labute approximate surface area is 198 Å². The Balaban J connectivity index is -0.000000196. The molecule has 26 heavy (non-hydrogen) atoms. The summed E-state index contributed by atoms with van der Waals surface area (Å²) < 4.78 is 0. The molecule has 1 atom stereocenters. The third kappa shape index (κ3) is 10.8. The summed E-state index contributed by atoms with van der Waals surface area (Å²) in [6, 6.07) is 8.50. The van der Waals surface area contributed by atoms with Crippen molar-refractivity contribution >= 4 is 53.7 Å². The first-order valence-electron chi connectivity index (χ1n) is 7.03. The summed E-state index contributed by atoms with van der Waals surface area (Å²) in [7, 11) is 0. The van der Waals surface area contributed by atoms with Crippen molar-refractivity contribution in [1.82, 2.24) is 0 Å². The molecule has 0 bridgehead atoms. The van der Waals surface area contributed by atoms with Gasteiger partial charge in [-0.25, -0.2) is 0 Å². The molecule has 1 aromatic rings. The third-order valence-electron chi connectivity index (χ3n) is 2.86. The van der Waals surface area contributed by atoms with Gasteiger partial charge >= 0.3 is 30.2 Å². The zero-order valence-corrected chi connectivity index (χ0v) is 22.9. The standard InChI is InChI=1S/C14H10Br.C4H10N.2CH3.2ClH.Si.Zr/c1-9-6-11-8-10-4-2-3-5-12(10)14(15)13(11)7-9;1-4(2,3)5;;;;;;/h2-5,7-8,14H,1H3;5H,1-3H3;2*1H3;2*1H;;/q4*-1;;;;. The average molecular weight is 553 g/mol. The zero-order valence-electron chi connectivity index (χ0n) is 16.2. The van der Waals surface area contributed by atoms with Crippen LogP contribution in [0.5, 0.6) is 0 Å². The topological polar surface area (TPSA) is 23.8 Å². The molecule has 0 saturated carbocycles. The predicted octanol–water partition coefficient (Wildman–Crippen LogP) is 7.41. The van der Waals surface area contributed by atoms with Crippen molar-refractivity contribution in [2.75, 3.05) is 0 Å². The first-order valence-corrected chi connectivity index (χ1v) is 12.1. The van der Waals surface area contributed by atoms with E-state index in [-0.39, 0.29) is 45.2 Å². The van der Waals surface area contributed by atoms with Crippen molar-refractivity contribution in [3.8, 4) is 0 Å². The summed E-state index contributed by atoms with van der Waals surface area (Å²) >= 11 is 5.11. The summed E-state index contributed by atoms with van der Waals surface area (Å²) in [6.07, 6.45) is 7.81. The first-order chi connectivity index (χ1) is 10.3. The molecular formula is C20H28BrCl2NSiZr-4. The number of hydrogen-bond donors (Lipinski definition) is 0. The van der Waals surface area contributed by atoms with Crippen molar-refractivity contribution in [1.29, 1.82) is 0 Å². The molecule has 0 amide bonds. The van der Waals surface area contributed by atoms with Gasteiger partial charge in [-0.15, -0.1) is 53.7 Å². The summed E-state index contributed by atoms with van der Waals surface area (Å²) in [5.74, 6) is 0. The van der Waals surface area contributed by atoms with Crippen LogP contribution in [0.2, 0.25) is 0 Å². The summed E-state index contributed by atoms with van der Waals surface area (Å²) in [5.41, 5.74) is 13.1. The normalized spacial score (nSPS) is 15.4. The van der Waals surface area contributed by atoms with Crippen LogP contribution in [0, 0.1) is 20.9 Å². The molecule has 1 aromatic carbocycles. The first kappa shape index (κ1) is 34.1. The van der Waals surface area contributed by atoms with Crippen LogP contribution >= 0.6 is 40.7 Å². The SMILES string of the molecule is CC(C)(C)[NH-].CC1=[C-]C2=Cc3ccccc3C(Br)C2=C1.Cl.Cl.[CH3-].[CH3-].[Si]=[Zr]. The van der Waals surface area contributed by atoms with Crippen LogP contribution in [-0.2, 0) is 23.3 Å². The second-order valence-electron chi connectivity index (χ2n) is 6.21. The van der Waals surface area contributed by atoms with Gasteiger partial charge in [0.2, 0.25) is 0 Å². The van der Waals surface area contributed by atoms with E-state index in [1.165, 1.54) is 51.2 Å². The van der Waals surface area contributed by atoms with E-state index in [2.05, 4.69) is 72.2 Å². The minimum absolute atomic E-state index is 0. The number of allylic oxidation sites excluding steroid dienone is 5. The number of halogens is 3. The Kier molecular flexibility index (Phi) is 20.3. The summed E-state index contributed by atoms with van der Waals surface area (Å²) in [4.78, 5) is 0.318. The molecule has 146 valence electrons. The van der Waals surface area contributed by atoms with Crippen LogP contribution in [0.25, 0.3) is 11.8 Å². The van der Waals surface area contributed by atoms with Crippen molar-refractivity contribution < 1.29 is 23.3 Å². The Hall–Kier alpha value is 0.560.